The number of pyridine rings is 1. The summed E-state index contributed by atoms with van der Waals surface area (Å²) >= 11 is 0. The van der Waals surface area contributed by atoms with Crippen LogP contribution in [-0.4, -0.2) is 20.7 Å². The van der Waals surface area contributed by atoms with Gasteiger partial charge in [-0.05, 0) is 43.7 Å². The number of anilines is 1. The van der Waals surface area contributed by atoms with Gasteiger partial charge in [-0.15, -0.1) is 0 Å². The van der Waals surface area contributed by atoms with Gasteiger partial charge in [0, 0.05) is 11.9 Å². The van der Waals surface area contributed by atoms with Crippen LogP contribution in [0, 0.1) is 6.92 Å². The molecule has 0 radical (unpaired) electrons. The summed E-state index contributed by atoms with van der Waals surface area (Å²) in [6.07, 6.45) is 3.53. The highest BCUT2D eigenvalue weighted by molar-refractivity contribution is 6.07. The molecule has 4 rings (SSSR count). The van der Waals surface area contributed by atoms with E-state index in [0.717, 1.165) is 46.9 Å². The zero-order valence-electron chi connectivity index (χ0n) is 14.8. The minimum absolute atomic E-state index is 0.255. The Labute approximate surface area is 150 Å². The third kappa shape index (κ3) is 2.94. The molecule has 0 bridgehead atoms. The molecule has 132 valence electrons. The number of rotatable bonds is 5. The molecular formula is C20H20N4O2. The van der Waals surface area contributed by atoms with Crippen molar-refractivity contribution in [2.75, 3.05) is 5.32 Å². The fourth-order valence-corrected chi connectivity index (χ4v) is 3.01. The van der Waals surface area contributed by atoms with Crippen molar-refractivity contribution in [3.63, 3.8) is 0 Å². The lowest BCUT2D eigenvalue weighted by atomic mass is 10.1. The van der Waals surface area contributed by atoms with Crippen LogP contribution in [-0.2, 0) is 6.54 Å². The molecule has 1 amide bonds. The van der Waals surface area contributed by atoms with Crippen LogP contribution < -0.4 is 5.32 Å². The van der Waals surface area contributed by atoms with Crippen LogP contribution in [0.4, 0.5) is 5.82 Å². The number of unbranched alkanes of at least 4 members (excludes halogenated alkanes) is 1. The Hall–Kier alpha value is -3.15. The molecule has 0 aliphatic carbocycles. The first-order valence-electron chi connectivity index (χ1n) is 8.78. The molecule has 1 N–H and O–H groups in total. The van der Waals surface area contributed by atoms with Gasteiger partial charge in [-0.25, -0.2) is 9.67 Å². The number of hydrogen-bond donors (Lipinski definition) is 1. The SMILES string of the molecule is CCCCn1nc(NC(=O)c2ccco2)c2cc3cc(C)ccc3nc21. The second-order valence-electron chi connectivity index (χ2n) is 6.41. The number of benzene rings is 1. The topological polar surface area (TPSA) is 73.0 Å². The van der Waals surface area contributed by atoms with E-state index in [1.54, 1.807) is 12.1 Å². The van der Waals surface area contributed by atoms with Crippen LogP contribution in [0.2, 0.25) is 0 Å². The highest BCUT2D eigenvalue weighted by atomic mass is 16.3. The van der Waals surface area contributed by atoms with Gasteiger partial charge in [-0.3, -0.25) is 4.79 Å². The van der Waals surface area contributed by atoms with Crippen molar-refractivity contribution in [1.82, 2.24) is 14.8 Å². The highest BCUT2D eigenvalue weighted by Gasteiger charge is 2.17. The Bertz CT molecular complexity index is 1080. The first kappa shape index (κ1) is 16.3. The lowest BCUT2D eigenvalue weighted by Crippen LogP contribution is -2.12. The maximum absolute atomic E-state index is 12.4. The van der Waals surface area contributed by atoms with E-state index in [0.29, 0.717) is 5.82 Å². The molecular weight excluding hydrogens is 328 g/mol. The summed E-state index contributed by atoms with van der Waals surface area (Å²) in [6.45, 7) is 4.94. The Balaban J connectivity index is 1.83. The molecule has 0 atom stereocenters. The quantitative estimate of drug-likeness (QED) is 0.575. The number of amides is 1. The van der Waals surface area contributed by atoms with E-state index in [-0.39, 0.29) is 11.7 Å². The lowest BCUT2D eigenvalue weighted by Gasteiger charge is -2.03. The number of aryl methyl sites for hydroxylation is 2. The van der Waals surface area contributed by atoms with Gasteiger partial charge in [-0.1, -0.05) is 25.0 Å². The maximum Gasteiger partial charge on any atom is 0.292 e. The molecule has 26 heavy (non-hydrogen) atoms. The molecule has 0 saturated carbocycles. The largest absolute Gasteiger partial charge is 0.459 e. The number of nitrogens with zero attached hydrogens (tertiary/aromatic N) is 3. The Morgan fingerprint density at radius 2 is 2.15 bits per heavy atom. The summed E-state index contributed by atoms with van der Waals surface area (Å²) in [6, 6.07) is 11.5. The lowest BCUT2D eigenvalue weighted by molar-refractivity contribution is 0.0996. The van der Waals surface area contributed by atoms with E-state index in [1.807, 2.05) is 29.8 Å². The maximum atomic E-state index is 12.4. The average molecular weight is 348 g/mol. The predicted octanol–water partition coefficient (Wildman–Crippen LogP) is 4.54. The Kier molecular flexibility index (Phi) is 4.16. The van der Waals surface area contributed by atoms with Crippen LogP contribution in [0.5, 0.6) is 0 Å². The van der Waals surface area contributed by atoms with Crippen molar-refractivity contribution >= 4 is 33.7 Å². The highest BCUT2D eigenvalue weighted by Crippen LogP contribution is 2.27. The minimum Gasteiger partial charge on any atom is -0.459 e. The number of carbonyl (C=O) groups is 1. The van der Waals surface area contributed by atoms with Crippen molar-refractivity contribution in [2.45, 2.75) is 33.2 Å². The molecule has 0 saturated heterocycles. The standard InChI is InChI=1S/C20H20N4O2/c1-3-4-9-24-19-15(12-14-11-13(2)7-8-16(14)21-19)18(23-24)22-20(25)17-6-5-10-26-17/h5-8,10-12H,3-4,9H2,1-2H3,(H,22,23,25). The second-order valence-corrected chi connectivity index (χ2v) is 6.41. The van der Waals surface area contributed by atoms with Gasteiger partial charge in [0.2, 0.25) is 0 Å². The summed E-state index contributed by atoms with van der Waals surface area (Å²) < 4.78 is 7.05. The average Bonchev–Trinajstić information content (AvgIpc) is 3.27. The van der Waals surface area contributed by atoms with Crippen LogP contribution in [0.15, 0.2) is 47.1 Å². The third-order valence-corrected chi connectivity index (χ3v) is 4.37. The normalized spacial score (nSPS) is 11.3. The molecule has 6 heteroatoms. The number of carbonyl (C=O) groups excluding carboxylic acids is 1. The zero-order valence-corrected chi connectivity index (χ0v) is 14.8. The van der Waals surface area contributed by atoms with Gasteiger partial charge in [-0.2, -0.15) is 5.10 Å². The summed E-state index contributed by atoms with van der Waals surface area (Å²) in [5.41, 5.74) is 2.87. The molecule has 0 fully saturated rings. The van der Waals surface area contributed by atoms with Crippen molar-refractivity contribution in [1.29, 1.82) is 0 Å². The molecule has 0 aliphatic rings. The number of furan rings is 1. The molecule has 6 nitrogen and oxygen atoms in total. The van der Waals surface area contributed by atoms with Crippen LogP contribution >= 0.6 is 0 Å². The summed E-state index contributed by atoms with van der Waals surface area (Å²) in [5, 5.41) is 9.32. The fraction of sp³-hybridized carbons (Fsp3) is 0.250. The molecule has 0 spiro atoms. The van der Waals surface area contributed by atoms with Crippen LogP contribution in [0.1, 0.15) is 35.9 Å². The van der Waals surface area contributed by atoms with E-state index >= 15 is 0 Å². The molecule has 3 heterocycles. The monoisotopic (exact) mass is 348 g/mol. The number of aromatic nitrogens is 3. The van der Waals surface area contributed by atoms with E-state index in [9.17, 15) is 4.79 Å². The molecule has 3 aromatic heterocycles. The molecule has 0 aliphatic heterocycles. The predicted molar refractivity (Wildman–Crippen MR) is 101 cm³/mol. The number of hydrogen-bond acceptors (Lipinski definition) is 4. The van der Waals surface area contributed by atoms with Crippen molar-refractivity contribution < 1.29 is 9.21 Å². The molecule has 4 aromatic rings. The van der Waals surface area contributed by atoms with E-state index in [1.165, 1.54) is 6.26 Å². The summed E-state index contributed by atoms with van der Waals surface area (Å²) in [5.74, 6) is 0.445. The van der Waals surface area contributed by atoms with Crippen LogP contribution in [0.25, 0.3) is 21.9 Å². The summed E-state index contributed by atoms with van der Waals surface area (Å²) in [4.78, 5) is 17.2. The van der Waals surface area contributed by atoms with Crippen molar-refractivity contribution in [2.24, 2.45) is 0 Å². The van der Waals surface area contributed by atoms with Gasteiger partial charge >= 0.3 is 0 Å². The Morgan fingerprint density at radius 3 is 2.92 bits per heavy atom. The van der Waals surface area contributed by atoms with Gasteiger partial charge in [0.05, 0.1) is 17.2 Å². The van der Waals surface area contributed by atoms with Gasteiger partial charge in [0.25, 0.3) is 5.91 Å². The second kappa shape index (κ2) is 6.63. The summed E-state index contributed by atoms with van der Waals surface area (Å²) in [7, 11) is 0. The first-order chi connectivity index (χ1) is 12.7. The van der Waals surface area contributed by atoms with Crippen LogP contribution in [0.3, 0.4) is 0 Å². The van der Waals surface area contributed by atoms with Crippen molar-refractivity contribution in [3.05, 3.63) is 54.0 Å². The first-order valence-corrected chi connectivity index (χ1v) is 8.78. The van der Waals surface area contributed by atoms with E-state index < -0.39 is 0 Å². The smallest absolute Gasteiger partial charge is 0.292 e. The number of fused-ring (bicyclic) bond motifs is 2. The van der Waals surface area contributed by atoms with Gasteiger partial charge in [0.1, 0.15) is 0 Å². The number of nitrogens with one attached hydrogen (secondary N) is 1. The minimum atomic E-state index is -0.318. The molecule has 0 unspecified atom stereocenters. The zero-order chi connectivity index (χ0) is 18.1. The Morgan fingerprint density at radius 1 is 1.27 bits per heavy atom. The van der Waals surface area contributed by atoms with E-state index in [2.05, 4.69) is 23.4 Å². The van der Waals surface area contributed by atoms with Gasteiger partial charge < -0.3 is 9.73 Å². The van der Waals surface area contributed by atoms with Gasteiger partial charge in [0.15, 0.2) is 17.2 Å². The third-order valence-electron chi connectivity index (χ3n) is 4.37. The van der Waals surface area contributed by atoms with Crippen molar-refractivity contribution in [3.8, 4) is 0 Å². The molecule has 1 aromatic carbocycles. The van der Waals surface area contributed by atoms with E-state index in [4.69, 9.17) is 9.40 Å². The fourth-order valence-electron chi connectivity index (χ4n) is 3.01.